The van der Waals surface area contributed by atoms with Crippen LogP contribution >= 0.6 is 0 Å². The molecule has 0 unspecified atom stereocenters. The van der Waals surface area contributed by atoms with Gasteiger partial charge in [-0.1, -0.05) is 164 Å². The van der Waals surface area contributed by atoms with Crippen molar-refractivity contribution in [3.8, 4) is 62.1 Å². The van der Waals surface area contributed by atoms with Crippen LogP contribution in [-0.2, 0) is 0 Å². The van der Waals surface area contributed by atoms with Crippen molar-refractivity contribution in [3.63, 3.8) is 0 Å². The van der Waals surface area contributed by atoms with E-state index in [1.807, 2.05) is 60.7 Å². The lowest BCUT2D eigenvalue weighted by Crippen LogP contribution is -2.00. The lowest BCUT2D eigenvalue weighted by Gasteiger charge is -2.10. The predicted molar refractivity (Wildman–Crippen MR) is 229 cm³/mol. The van der Waals surface area contributed by atoms with E-state index in [0.29, 0.717) is 17.5 Å². The van der Waals surface area contributed by atoms with Crippen LogP contribution in [0.25, 0.3) is 106 Å². The van der Waals surface area contributed by atoms with Gasteiger partial charge in [-0.25, -0.2) is 15.0 Å². The van der Waals surface area contributed by atoms with E-state index in [1.54, 1.807) is 0 Å². The zero-order valence-corrected chi connectivity index (χ0v) is 30.2. The van der Waals surface area contributed by atoms with Crippen LogP contribution in [0, 0.1) is 0 Å². The predicted octanol–water partition coefficient (Wildman–Crippen LogP) is 13.2. The molecule has 5 nitrogen and oxygen atoms in total. The van der Waals surface area contributed by atoms with Crippen molar-refractivity contribution in [2.75, 3.05) is 0 Å². The Hall–Kier alpha value is -7.63. The molecule has 3 aromatic heterocycles. The summed E-state index contributed by atoms with van der Waals surface area (Å²) < 4.78 is 9.23. The van der Waals surface area contributed by atoms with Crippen LogP contribution in [0.2, 0.25) is 0 Å². The minimum absolute atomic E-state index is 0.618. The Morgan fingerprint density at radius 1 is 0.357 bits per heavy atom. The summed E-state index contributed by atoms with van der Waals surface area (Å²) in [5.74, 6) is 1.89. The van der Waals surface area contributed by atoms with Gasteiger partial charge >= 0.3 is 0 Å². The summed E-state index contributed by atoms with van der Waals surface area (Å²) in [7, 11) is 0. The number of para-hydroxylation sites is 2. The van der Waals surface area contributed by atoms with Gasteiger partial charge in [-0.05, 0) is 52.6 Å². The van der Waals surface area contributed by atoms with Crippen molar-refractivity contribution in [2.45, 2.75) is 0 Å². The van der Waals surface area contributed by atoms with Crippen molar-refractivity contribution in [1.29, 1.82) is 0 Å². The highest BCUT2D eigenvalue weighted by Crippen LogP contribution is 2.43. The standard InChI is InChI=1S/C51H32N4O/c1-4-16-33(17-5-1)38-25-13-29-43-46(38)40-24-10-11-28-42(40)55(43)44-30-14-27-41-47-39(26-15-31-45(47)56-48(41)44)36-22-12-23-37(32-36)51-53-49(34-18-6-2-7-19-34)52-50(54-51)35-20-8-3-9-21-35/h1-32H. The van der Waals surface area contributed by atoms with E-state index >= 15 is 0 Å². The summed E-state index contributed by atoms with van der Waals surface area (Å²) in [6.45, 7) is 0. The summed E-state index contributed by atoms with van der Waals surface area (Å²) >= 11 is 0. The third-order valence-electron chi connectivity index (χ3n) is 10.7. The van der Waals surface area contributed by atoms with E-state index < -0.39 is 0 Å². The van der Waals surface area contributed by atoms with E-state index in [-0.39, 0.29) is 0 Å². The SMILES string of the molecule is c1ccc(-c2nc(-c3ccccc3)nc(-c3cccc(-c4cccc5oc6c(-n7c8ccccc8c8c(-c9ccccc9)cccc87)cccc6c45)c3)n2)cc1. The zero-order chi connectivity index (χ0) is 37.0. The quantitative estimate of drug-likeness (QED) is 0.172. The maximum Gasteiger partial charge on any atom is 0.164 e. The van der Waals surface area contributed by atoms with Gasteiger partial charge in [-0.15, -0.1) is 0 Å². The van der Waals surface area contributed by atoms with Crippen molar-refractivity contribution >= 4 is 43.7 Å². The molecule has 0 N–H and O–H groups in total. The molecule has 11 aromatic rings. The van der Waals surface area contributed by atoms with Crippen LogP contribution in [0.5, 0.6) is 0 Å². The van der Waals surface area contributed by atoms with Crippen molar-refractivity contribution in [2.24, 2.45) is 0 Å². The Kier molecular flexibility index (Phi) is 7.42. The van der Waals surface area contributed by atoms with Gasteiger partial charge in [-0.2, -0.15) is 0 Å². The van der Waals surface area contributed by atoms with Gasteiger partial charge in [-0.3, -0.25) is 0 Å². The van der Waals surface area contributed by atoms with Gasteiger partial charge < -0.3 is 8.98 Å². The zero-order valence-electron chi connectivity index (χ0n) is 30.2. The number of rotatable bonds is 6. The minimum atomic E-state index is 0.618. The molecule has 0 aliphatic carbocycles. The molecule has 0 atom stereocenters. The first-order chi connectivity index (χ1) is 27.8. The molecule has 0 aliphatic heterocycles. The number of hydrogen-bond donors (Lipinski definition) is 0. The molecule has 5 heteroatoms. The van der Waals surface area contributed by atoms with Gasteiger partial charge in [0.05, 0.1) is 16.7 Å². The molecule has 11 rings (SSSR count). The molecule has 8 aromatic carbocycles. The molecule has 0 bridgehead atoms. The molecule has 0 saturated carbocycles. The summed E-state index contributed by atoms with van der Waals surface area (Å²) in [5, 5.41) is 4.56. The lowest BCUT2D eigenvalue weighted by atomic mass is 9.97. The van der Waals surface area contributed by atoms with Gasteiger partial charge in [0.15, 0.2) is 23.1 Å². The summed E-state index contributed by atoms with van der Waals surface area (Å²) in [4.78, 5) is 14.9. The summed E-state index contributed by atoms with van der Waals surface area (Å²) in [5.41, 5.74) is 12.3. The van der Waals surface area contributed by atoms with Crippen molar-refractivity contribution in [3.05, 3.63) is 194 Å². The minimum Gasteiger partial charge on any atom is -0.454 e. The van der Waals surface area contributed by atoms with E-state index in [0.717, 1.165) is 66.5 Å². The monoisotopic (exact) mass is 716 g/mol. The molecule has 56 heavy (non-hydrogen) atoms. The second kappa shape index (κ2) is 13.0. The van der Waals surface area contributed by atoms with Crippen LogP contribution in [-0.4, -0.2) is 19.5 Å². The number of furan rings is 1. The van der Waals surface area contributed by atoms with Crippen LogP contribution in [0.3, 0.4) is 0 Å². The first-order valence-corrected chi connectivity index (χ1v) is 18.8. The summed E-state index contributed by atoms with van der Waals surface area (Å²) in [6, 6.07) is 67.3. The highest BCUT2D eigenvalue weighted by Gasteiger charge is 2.21. The molecular formula is C51H32N4O. The fourth-order valence-electron chi connectivity index (χ4n) is 8.15. The molecule has 0 amide bonds. The largest absolute Gasteiger partial charge is 0.454 e. The maximum atomic E-state index is 6.87. The van der Waals surface area contributed by atoms with E-state index in [4.69, 9.17) is 19.4 Å². The van der Waals surface area contributed by atoms with Crippen molar-refractivity contribution < 1.29 is 4.42 Å². The van der Waals surface area contributed by atoms with Crippen molar-refractivity contribution in [1.82, 2.24) is 19.5 Å². The van der Waals surface area contributed by atoms with Crippen LogP contribution < -0.4 is 0 Å². The molecule has 0 aliphatic rings. The fourth-order valence-corrected chi connectivity index (χ4v) is 8.15. The first kappa shape index (κ1) is 31.9. The third-order valence-corrected chi connectivity index (χ3v) is 10.7. The number of benzene rings is 8. The maximum absolute atomic E-state index is 6.87. The Bertz CT molecular complexity index is 3180. The Labute approximate surface area is 322 Å². The fraction of sp³-hybridized carbons (Fsp3) is 0. The highest BCUT2D eigenvalue weighted by atomic mass is 16.3. The van der Waals surface area contributed by atoms with Crippen LogP contribution in [0.15, 0.2) is 199 Å². The average Bonchev–Trinajstić information content (AvgIpc) is 3.83. The highest BCUT2D eigenvalue weighted by molar-refractivity contribution is 6.18. The second-order valence-corrected chi connectivity index (χ2v) is 14.0. The molecule has 262 valence electrons. The molecule has 0 spiro atoms. The summed E-state index contributed by atoms with van der Waals surface area (Å²) in [6.07, 6.45) is 0. The molecule has 0 saturated heterocycles. The smallest absolute Gasteiger partial charge is 0.164 e. The normalized spacial score (nSPS) is 11.6. The van der Waals surface area contributed by atoms with E-state index in [1.165, 1.54) is 21.9 Å². The second-order valence-electron chi connectivity index (χ2n) is 14.0. The number of aromatic nitrogens is 4. The molecule has 0 radical (unpaired) electrons. The van der Waals surface area contributed by atoms with Crippen LogP contribution in [0.1, 0.15) is 0 Å². The Morgan fingerprint density at radius 2 is 0.857 bits per heavy atom. The first-order valence-electron chi connectivity index (χ1n) is 18.8. The third kappa shape index (κ3) is 5.21. The van der Waals surface area contributed by atoms with E-state index in [2.05, 4.69) is 138 Å². The topological polar surface area (TPSA) is 56.7 Å². The number of nitrogens with zero attached hydrogens (tertiary/aromatic N) is 4. The molecule has 3 heterocycles. The lowest BCUT2D eigenvalue weighted by molar-refractivity contribution is 0.666. The Morgan fingerprint density at radius 3 is 1.57 bits per heavy atom. The number of hydrogen-bond acceptors (Lipinski definition) is 4. The average molecular weight is 717 g/mol. The van der Waals surface area contributed by atoms with Gasteiger partial charge in [0.1, 0.15) is 5.58 Å². The number of fused-ring (bicyclic) bond motifs is 6. The molecular weight excluding hydrogens is 685 g/mol. The van der Waals surface area contributed by atoms with Gasteiger partial charge in [0.25, 0.3) is 0 Å². The van der Waals surface area contributed by atoms with Gasteiger partial charge in [0.2, 0.25) is 0 Å². The van der Waals surface area contributed by atoms with E-state index in [9.17, 15) is 0 Å². The molecule has 0 fully saturated rings. The Balaban J connectivity index is 1.09. The van der Waals surface area contributed by atoms with Gasteiger partial charge in [0, 0.05) is 38.2 Å². The van der Waals surface area contributed by atoms with Crippen LogP contribution in [0.4, 0.5) is 0 Å².